The summed E-state index contributed by atoms with van der Waals surface area (Å²) in [6, 6.07) is 7.25. The molecule has 0 unspecified atom stereocenters. The van der Waals surface area contributed by atoms with E-state index < -0.39 is 11.9 Å². The molecule has 4 rings (SSSR count). The number of ether oxygens (including phenoxy) is 1. The minimum Gasteiger partial charge on any atom is -0.476 e. The van der Waals surface area contributed by atoms with Crippen LogP contribution in [0.1, 0.15) is 27.9 Å². The highest BCUT2D eigenvalue weighted by molar-refractivity contribution is 7.14. The molecule has 4 aromatic heterocycles. The minimum absolute atomic E-state index is 0.0313. The average molecular weight is 471 g/mol. The lowest BCUT2D eigenvalue weighted by molar-refractivity contribution is 0.0521. The van der Waals surface area contributed by atoms with Gasteiger partial charge in [-0.15, -0.1) is 22.7 Å². The van der Waals surface area contributed by atoms with Gasteiger partial charge in [0.25, 0.3) is 0 Å². The number of rotatable bonds is 7. The maximum atomic E-state index is 11.6. The molecular weight excluding hydrogens is 452 g/mol. The van der Waals surface area contributed by atoms with Crippen molar-refractivity contribution in [2.24, 2.45) is 0 Å². The maximum Gasteiger partial charge on any atom is 0.360 e. The number of carbonyl (C=O) groups excluding carboxylic acids is 1. The van der Waals surface area contributed by atoms with Gasteiger partial charge in [0.2, 0.25) is 0 Å². The van der Waals surface area contributed by atoms with E-state index in [0.29, 0.717) is 22.3 Å². The van der Waals surface area contributed by atoms with Crippen molar-refractivity contribution in [3.8, 4) is 0 Å². The quantitative estimate of drug-likeness (QED) is 0.332. The number of carboxylic acids is 1. The van der Waals surface area contributed by atoms with Gasteiger partial charge in [-0.25, -0.2) is 19.6 Å². The van der Waals surface area contributed by atoms with Crippen molar-refractivity contribution in [3.63, 3.8) is 0 Å². The first-order valence-electron chi connectivity index (χ1n) is 9.20. The predicted molar refractivity (Wildman–Crippen MR) is 122 cm³/mol. The first-order valence-corrected chi connectivity index (χ1v) is 11.0. The molecule has 10 nitrogen and oxygen atoms in total. The number of aromatic carboxylic acids is 1. The predicted octanol–water partition coefficient (Wildman–Crippen LogP) is 4.44. The van der Waals surface area contributed by atoms with E-state index in [1.807, 2.05) is 12.1 Å². The third kappa shape index (κ3) is 6.30. The standard InChI is InChI=1S/C11H11N3O2S.C9H7N3O2S/c1-2-16-11(15)9-10(17-7-13-9)14-8-4-3-5-12-6-8;13-9(14)7-8(15-5-11-7)12-6-2-1-3-10-4-6/h3-7,14H,2H2,1H3;1-5,12H,(H,13,14). The lowest BCUT2D eigenvalue weighted by Crippen LogP contribution is -2.07. The Kier molecular flexibility index (Phi) is 8.17. The van der Waals surface area contributed by atoms with E-state index in [-0.39, 0.29) is 5.69 Å². The molecule has 12 heteroatoms. The molecule has 0 aliphatic carbocycles. The summed E-state index contributed by atoms with van der Waals surface area (Å²) in [5, 5.41) is 16.0. The van der Waals surface area contributed by atoms with E-state index in [9.17, 15) is 9.59 Å². The Morgan fingerprint density at radius 1 is 0.938 bits per heavy atom. The zero-order valence-electron chi connectivity index (χ0n) is 16.8. The SMILES string of the molecule is CCOC(=O)c1ncsc1Nc1cccnc1.O=C(O)c1ncsc1Nc1cccnc1. The lowest BCUT2D eigenvalue weighted by atomic mass is 10.4. The summed E-state index contributed by atoms with van der Waals surface area (Å²) in [6.07, 6.45) is 6.63. The van der Waals surface area contributed by atoms with Crippen LogP contribution in [0.4, 0.5) is 21.4 Å². The second-order valence-electron chi connectivity index (χ2n) is 5.82. The van der Waals surface area contributed by atoms with Crippen LogP contribution in [0.5, 0.6) is 0 Å². The fourth-order valence-electron chi connectivity index (χ4n) is 2.30. The van der Waals surface area contributed by atoms with Crippen molar-refractivity contribution >= 4 is 56.0 Å². The van der Waals surface area contributed by atoms with Gasteiger partial charge in [0.05, 0.1) is 41.4 Å². The topological polar surface area (TPSA) is 139 Å². The van der Waals surface area contributed by atoms with E-state index in [1.54, 1.807) is 49.4 Å². The third-order valence-corrected chi connectivity index (χ3v) is 5.13. The van der Waals surface area contributed by atoms with Crippen LogP contribution in [-0.2, 0) is 4.74 Å². The summed E-state index contributed by atoms with van der Waals surface area (Å²) in [7, 11) is 0. The van der Waals surface area contributed by atoms with Crippen LogP contribution < -0.4 is 10.6 Å². The second kappa shape index (κ2) is 11.5. The molecule has 0 saturated heterocycles. The maximum absolute atomic E-state index is 11.6. The van der Waals surface area contributed by atoms with Crippen molar-refractivity contribution in [1.82, 2.24) is 19.9 Å². The van der Waals surface area contributed by atoms with Crippen LogP contribution in [0.3, 0.4) is 0 Å². The Morgan fingerprint density at radius 3 is 1.94 bits per heavy atom. The third-order valence-electron chi connectivity index (χ3n) is 3.65. The largest absolute Gasteiger partial charge is 0.476 e. The number of carboxylic acid groups (broad SMARTS) is 1. The van der Waals surface area contributed by atoms with Gasteiger partial charge in [-0.1, -0.05) is 0 Å². The molecule has 0 aliphatic rings. The van der Waals surface area contributed by atoms with Gasteiger partial charge in [0.15, 0.2) is 11.4 Å². The first-order chi connectivity index (χ1) is 15.6. The van der Waals surface area contributed by atoms with E-state index in [4.69, 9.17) is 9.84 Å². The highest BCUT2D eigenvalue weighted by Crippen LogP contribution is 2.25. The Hall–Kier alpha value is -3.90. The summed E-state index contributed by atoms with van der Waals surface area (Å²) < 4.78 is 4.91. The normalized spacial score (nSPS) is 9.91. The van der Waals surface area contributed by atoms with Gasteiger partial charge in [0.1, 0.15) is 10.0 Å². The zero-order valence-corrected chi connectivity index (χ0v) is 18.4. The van der Waals surface area contributed by atoms with Crippen molar-refractivity contribution in [2.75, 3.05) is 17.2 Å². The molecule has 0 aromatic carbocycles. The smallest absolute Gasteiger partial charge is 0.360 e. The minimum atomic E-state index is -1.04. The fourth-order valence-corrected chi connectivity index (χ4v) is 3.68. The summed E-state index contributed by atoms with van der Waals surface area (Å²) in [5.41, 5.74) is 4.98. The van der Waals surface area contributed by atoms with E-state index in [2.05, 4.69) is 30.6 Å². The van der Waals surface area contributed by atoms with Crippen LogP contribution >= 0.6 is 22.7 Å². The Balaban J connectivity index is 0.000000182. The molecule has 164 valence electrons. The number of nitrogens with one attached hydrogen (secondary N) is 2. The van der Waals surface area contributed by atoms with Crippen LogP contribution in [0.2, 0.25) is 0 Å². The molecule has 0 aliphatic heterocycles. The number of thiazole rings is 2. The highest BCUT2D eigenvalue weighted by Gasteiger charge is 2.16. The number of nitrogens with zero attached hydrogens (tertiary/aromatic N) is 4. The molecule has 4 heterocycles. The second-order valence-corrected chi connectivity index (χ2v) is 7.53. The number of esters is 1. The van der Waals surface area contributed by atoms with Gasteiger partial charge < -0.3 is 20.5 Å². The number of aromatic nitrogens is 4. The Morgan fingerprint density at radius 2 is 1.47 bits per heavy atom. The molecule has 0 atom stereocenters. The Bertz CT molecular complexity index is 1150. The summed E-state index contributed by atoms with van der Waals surface area (Å²) in [5.74, 6) is -1.46. The molecule has 0 bridgehead atoms. The van der Waals surface area contributed by atoms with Crippen molar-refractivity contribution < 1.29 is 19.4 Å². The number of hydrogen-bond acceptors (Lipinski definition) is 11. The molecular formula is C20H18N6O4S2. The fraction of sp³-hybridized carbons (Fsp3) is 0.100. The zero-order chi connectivity index (χ0) is 22.8. The van der Waals surface area contributed by atoms with Gasteiger partial charge in [-0.2, -0.15) is 0 Å². The number of pyridine rings is 2. The van der Waals surface area contributed by atoms with Crippen LogP contribution in [0.25, 0.3) is 0 Å². The van der Waals surface area contributed by atoms with Crippen LogP contribution in [0.15, 0.2) is 60.1 Å². The molecule has 0 fully saturated rings. The molecule has 4 aromatic rings. The monoisotopic (exact) mass is 470 g/mol. The van der Waals surface area contributed by atoms with Gasteiger partial charge in [-0.05, 0) is 31.2 Å². The Labute approximate surface area is 191 Å². The molecule has 0 radical (unpaired) electrons. The van der Waals surface area contributed by atoms with Crippen molar-refractivity contribution in [1.29, 1.82) is 0 Å². The number of hydrogen-bond donors (Lipinski definition) is 3. The summed E-state index contributed by atoms with van der Waals surface area (Å²) in [4.78, 5) is 38.0. The van der Waals surface area contributed by atoms with Crippen molar-refractivity contribution in [2.45, 2.75) is 6.92 Å². The molecule has 3 N–H and O–H groups in total. The van der Waals surface area contributed by atoms with Gasteiger partial charge in [-0.3, -0.25) is 9.97 Å². The lowest BCUT2D eigenvalue weighted by Gasteiger charge is -2.04. The van der Waals surface area contributed by atoms with Crippen LogP contribution in [-0.4, -0.2) is 43.6 Å². The van der Waals surface area contributed by atoms with E-state index >= 15 is 0 Å². The molecule has 0 spiro atoms. The van der Waals surface area contributed by atoms with E-state index in [1.165, 1.54) is 28.2 Å². The highest BCUT2D eigenvalue weighted by atomic mass is 32.1. The first kappa shape index (κ1) is 22.8. The van der Waals surface area contributed by atoms with Crippen LogP contribution in [0, 0.1) is 0 Å². The number of anilines is 4. The molecule has 0 saturated carbocycles. The number of carbonyl (C=O) groups is 2. The van der Waals surface area contributed by atoms with E-state index in [0.717, 1.165) is 11.4 Å². The van der Waals surface area contributed by atoms with Gasteiger partial charge >= 0.3 is 11.9 Å². The average Bonchev–Trinajstić information content (AvgIpc) is 3.45. The molecule has 0 amide bonds. The molecule has 32 heavy (non-hydrogen) atoms. The van der Waals surface area contributed by atoms with Crippen molar-refractivity contribution in [3.05, 3.63) is 71.5 Å². The summed E-state index contributed by atoms with van der Waals surface area (Å²) >= 11 is 2.59. The summed E-state index contributed by atoms with van der Waals surface area (Å²) in [6.45, 7) is 2.10. The van der Waals surface area contributed by atoms with Gasteiger partial charge in [0, 0.05) is 12.4 Å².